The number of rotatable bonds is 3. The number of hydrogen-bond acceptors (Lipinski definition) is 4. The summed E-state index contributed by atoms with van der Waals surface area (Å²) in [5.41, 5.74) is -1.20. The molecular weight excluding hydrogens is 308 g/mol. The Morgan fingerprint density at radius 3 is 2.00 bits per heavy atom. The predicted molar refractivity (Wildman–Crippen MR) is 89.6 cm³/mol. The van der Waals surface area contributed by atoms with Crippen molar-refractivity contribution < 1.29 is 19.8 Å². The van der Waals surface area contributed by atoms with Crippen molar-refractivity contribution in [2.75, 3.05) is 26.2 Å². The lowest BCUT2D eigenvalue weighted by Crippen LogP contribution is -2.57. The Morgan fingerprint density at radius 1 is 0.875 bits per heavy atom. The lowest BCUT2D eigenvalue weighted by Gasteiger charge is -2.41. The smallest absolute Gasteiger partial charge is 0.319 e. The van der Waals surface area contributed by atoms with Gasteiger partial charge in [-0.25, -0.2) is 0 Å². The second-order valence-corrected chi connectivity index (χ2v) is 7.70. The molecule has 2 atom stereocenters. The summed E-state index contributed by atoms with van der Waals surface area (Å²) < 4.78 is 0. The molecule has 2 saturated carbocycles. The highest BCUT2D eigenvalue weighted by molar-refractivity contribution is 6.02. The fourth-order valence-electron chi connectivity index (χ4n) is 4.76. The normalized spacial score (nSPS) is 31.6. The minimum Gasteiger partial charge on any atom is -0.480 e. The fourth-order valence-corrected chi connectivity index (χ4v) is 4.76. The lowest BCUT2D eigenvalue weighted by molar-refractivity contribution is -0.163. The van der Waals surface area contributed by atoms with E-state index in [9.17, 15) is 19.8 Å². The second-order valence-electron chi connectivity index (χ2n) is 7.70. The standard InChI is InChI=1S/C18H30N2O4/c21-15-7-5-6-14(15)19-10-12-20(13-11-19)16(22)18(17(23)24)8-3-1-2-4-9-18/h14-15,21H,1-13H2,(H,23,24). The van der Waals surface area contributed by atoms with E-state index in [-0.39, 0.29) is 18.1 Å². The van der Waals surface area contributed by atoms with Crippen LogP contribution in [0.1, 0.15) is 57.8 Å². The van der Waals surface area contributed by atoms with Gasteiger partial charge >= 0.3 is 5.97 Å². The first-order valence-corrected chi connectivity index (χ1v) is 9.49. The van der Waals surface area contributed by atoms with Crippen molar-refractivity contribution in [2.24, 2.45) is 5.41 Å². The summed E-state index contributed by atoms with van der Waals surface area (Å²) in [5, 5.41) is 19.8. The van der Waals surface area contributed by atoms with Gasteiger partial charge in [0.1, 0.15) is 5.41 Å². The van der Waals surface area contributed by atoms with Crippen LogP contribution in [0.4, 0.5) is 0 Å². The summed E-state index contributed by atoms with van der Waals surface area (Å²) in [4.78, 5) is 29.0. The van der Waals surface area contributed by atoms with E-state index in [0.29, 0.717) is 25.9 Å². The van der Waals surface area contributed by atoms with Crippen molar-refractivity contribution in [3.8, 4) is 0 Å². The van der Waals surface area contributed by atoms with Crippen molar-refractivity contribution in [3.05, 3.63) is 0 Å². The molecule has 3 aliphatic rings. The topological polar surface area (TPSA) is 81.1 Å². The number of aliphatic hydroxyl groups is 1. The molecule has 3 rings (SSSR count). The minimum absolute atomic E-state index is 0.177. The van der Waals surface area contributed by atoms with Crippen molar-refractivity contribution in [1.29, 1.82) is 0 Å². The molecule has 24 heavy (non-hydrogen) atoms. The van der Waals surface area contributed by atoms with Gasteiger partial charge in [-0.3, -0.25) is 14.5 Å². The van der Waals surface area contributed by atoms with Gasteiger partial charge in [0.15, 0.2) is 0 Å². The molecular formula is C18H30N2O4. The van der Waals surface area contributed by atoms with Gasteiger partial charge < -0.3 is 15.1 Å². The van der Waals surface area contributed by atoms with Crippen LogP contribution in [0.15, 0.2) is 0 Å². The molecule has 0 bridgehead atoms. The molecule has 2 aliphatic carbocycles. The molecule has 0 aromatic heterocycles. The maximum absolute atomic E-state index is 13.0. The summed E-state index contributed by atoms with van der Waals surface area (Å²) in [5.74, 6) is -1.12. The largest absolute Gasteiger partial charge is 0.480 e. The van der Waals surface area contributed by atoms with Crippen LogP contribution in [0, 0.1) is 5.41 Å². The van der Waals surface area contributed by atoms with E-state index in [0.717, 1.165) is 58.0 Å². The van der Waals surface area contributed by atoms with Crippen LogP contribution in [-0.4, -0.2) is 70.2 Å². The molecule has 0 radical (unpaired) electrons. The number of carbonyl (C=O) groups is 2. The first-order valence-electron chi connectivity index (χ1n) is 9.49. The molecule has 2 N–H and O–H groups in total. The van der Waals surface area contributed by atoms with Gasteiger partial charge in [0.2, 0.25) is 5.91 Å². The molecule has 0 aromatic rings. The number of carboxylic acid groups (broad SMARTS) is 1. The summed E-state index contributed by atoms with van der Waals surface area (Å²) >= 11 is 0. The van der Waals surface area contributed by atoms with Crippen LogP contribution in [0.3, 0.4) is 0 Å². The fraction of sp³-hybridized carbons (Fsp3) is 0.889. The van der Waals surface area contributed by atoms with E-state index < -0.39 is 11.4 Å². The average Bonchev–Trinajstić information content (AvgIpc) is 2.86. The quantitative estimate of drug-likeness (QED) is 0.602. The molecule has 1 amide bonds. The van der Waals surface area contributed by atoms with Gasteiger partial charge in [-0.05, 0) is 32.1 Å². The third-order valence-electron chi connectivity index (χ3n) is 6.29. The predicted octanol–water partition coefficient (Wildman–Crippen LogP) is 1.47. The monoisotopic (exact) mass is 338 g/mol. The maximum Gasteiger partial charge on any atom is 0.319 e. The van der Waals surface area contributed by atoms with Crippen LogP contribution in [0.2, 0.25) is 0 Å². The van der Waals surface area contributed by atoms with E-state index >= 15 is 0 Å². The van der Waals surface area contributed by atoms with Gasteiger partial charge in [-0.1, -0.05) is 25.7 Å². The molecule has 1 saturated heterocycles. The van der Waals surface area contributed by atoms with Crippen LogP contribution < -0.4 is 0 Å². The SMILES string of the molecule is O=C(O)C1(C(=O)N2CCN(C3CCCC3O)CC2)CCCCCC1. The second kappa shape index (κ2) is 7.40. The molecule has 2 unspecified atom stereocenters. The number of aliphatic carboxylic acids is 1. The van der Waals surface area contributed by atoms with E-state index in [1.807, 2.05) is 0 Å². The van der Waals surface area contributed by atoms with Crippen molar-refractivity contribution in [1.82, 2.24) is 9.80 Å². The molecule has 136 valence electrons. The van der Waals surface area contributed by atoms with Gasteiger partial charge in [-0.15, -0.1) is 0 Å². The Balaban J connectivity index is 1.64. The number of hydrogen-bond donors (Lipinski definition) is 2. The van der Waals surface area contributed by atoms with Crippen molar-refractivity contribution in [2.45, 2.75) is 69.9 Å². The maximum atomic E-state index is 13.0. The van der Waals surface area contributed by atoms with E-state index in [2.05, 4.69) is 4.90 Å². The summed E-state index contributed by atoms with van der Waals surface area (Å²) in [6.45, 7) is 2.64. The Bertz CT molecular complexity index is 466. The highest BCUT2D eigenvalue weighted by Crippen LogP contribution is 2.37. The lowest BCUT2D eigenvalue weighted by atomic mass is 9.78. The minimum atomic E-state index is -1.20. The molecule has 0 aromatic carbocycles. The summed E-state index contributed by atoms with van der Waals surface area (Å²) in [7, 11) is 0. The highest BCUT2D eigenvalue weighted by atomic mass is 16.4. The van der Waals surface area contributed by atoms with Gasteiger partial charge in [0.05, 0.1) is 6.10 Å². The summed E-state index contributed by atoms with van der Waals surface area (Å²) in [6.07, 6.45) is 7.35. The van der Waals surface area contributed by atoms with E-state index in [1.54, 1.807) is 4.90 Å². The van der Waals surface area contributed by atoms with Gasteiger partial charge in [-0.2, -0.15) is 0 Å². The average molecular weight is 338 g/mol. The zero-order valence-electron chi connectivity index (χ0n) is 14.5. The van der Waals surface area contributed by atoms with Gasteiger partial charge in [0, 0.05) is 32.2 Å². The Morgan fingerprint density at radius 2 is 1.50 bits per heavy atom. The van der Waals surface area contributed by atoms with Crippen LogP contribution in [-0.2, 0) is 9.59 Å². The van der Waals surface area contributed by atoms with Gasteiger partial charge in [0.25, 0.3) is 0 Å². The van der Waals surface area contributed by atoms with Crippen LogP contribution in [0.5, 0.6) is 0 Å². The zero-order chi connectivity index (χ0) is 17.2. The summed E-state index contributed by atoms with van der Waals surface area (Å²) in [6, 6.07) is 0.216. The molecule has 3 fully saturated rings. The first kappa shape index (κ1) is 17.7. The number of carboxylic acids is 1. The Hall–Kier alpha value is -1.14. The number of nitrogens with zero attached hydrogens (tertiary/aromatic N) is 2. The third kappa shape index (κ3) is 3.31. The van der Waals surface area contributed by atoms with Crippen LogP contribution >= 0.6 is 0 Å². The first-order chi connectivity index (χ1) is 11.5. The van der Waals surface area contributed by atoms with E-state index in [4.69, 9.17) is 0 Å². The van der Waals surface area contributed by atoms with Crippen molar-refractivity contribution in [3.63, 3.8) is 0 Å². The molecule has 1 heterocycles. The Labute approximate surface area is 143 Å². The molecule has 6 nitrogen and oxygen atoms in total. The zero-order valence-corrected chi connectivity index (χ0v) is 14.5. The van der Waals surface area contributed by atoms with Crippen LogP contribution in [0.25, 0.3) is 0 Å². The number of piperazine rings is 1. The Kier molecular flexibility index (Phi) is 5.45. The molecule has 6 heteroatoms. The van der Waals surface area contributed by atoms with Crippen molar-refractivity contribution >= 4 is 11.9 Å². The molecule has 1 aliphatic heterocycles. The highest BCUT2D eigenvalue weighted by Gasteiger charge is 2.48. The number of carbonyl (C=O) groups excluding carboxylic acids is 1. The number of aliphatic hydroxyl groups excluding tert-OH is 1. The number of amides is 1. The third-order valence-corrected chi connectivity index (χ3v) is 6.29. The molecule has 0 spiro atoms. The van der Waals surface area contributed by atoms with E-state index in [1.165, 1.54) is 0 Å².